The van der Waals surface area contributed by atoms with Crippen LogP contribution in [-0.4, -0.2) is 66.0 Å². The van der Waals surface area contributed by atoms with E-state index < -0.39 is 0 Å². The zero-order valence-corrected chi connectivity index (χ0v) is 17.2. The van der Waals surface area contributed by atoms with Crippen LogP contribution in [0.1, 0.15) is 23.2 Å². The molecule has 1 N–H and O–H groups in total. The van der Waals surface area contributed by atoms with E-state index in [1.807, 2.05) is 11.9 Å². The van der Waals surface area contributed by atoms with Gasteiger partial charge in [-0.3, -0.25) is 9.59 Å². The number of nitrogens with one attached hydrogen (secondary N) is 1. The molecule has 2 unspecified atom stereocenters. The van der Waals surface area contributed by atoms with Gasteiger partial charge in [0.2, 0.25) is 5.91 Å². The highest BCUT2D eigenvalue weighted by molar-refractivity contribution is 7.99. The number of halogens is 2. The second kappa shape index (κ2) is 9.83. The Kier molecular flexibility index (Phi) is 8.07. The number of benzene rings is 1. The Balaban J connectivity index is 0.00000243. The summed E-state index contributed by atoms with van der Waals surface area (Å²) in [6.07, 6.45) is 2.18. The normalized spacial score (nSPS) is 22.8. The van der Waals surface area contributed by atoms with E-state index in [4.69, 9.17) is 11.6 Å². The topological polar surface area (TPSA) is 52.7 Å². The number of piperidine rings is 1. The van der Waals surface area contributed by atoms with Gasteiger partial charge in [0.05, 0.1) is 5.88 Å². The first-order valence-electron chi connectivity index (χ1n) is 8.68. The number of carbonyl (C=O) groups excluding carboxylic acids is 2. The van der Waals surface area contributed by atoms with Crippen molar-refractivity contribution in [1.82, 2.24) is 15.1 Å². The molecular weight excluding hydrogens is 393 g/mol. The Bertz CT molecular complexity index is 627. The molecule has 0 radical (unpaired) electrons. The van der Waals surface area contributed by atoms with Crippen molar-refractivity contribution in [3.8, 4) is 0 Å². The number of amides is 2. The number of thioether (sulfide) groups is 1. The van der Waals surface area contributed by atoms with Crippen molar-refractivity contribution < 1.29 is 9.59 Å². The van der Waals surface area contributed by atoms with Gasteiger partial charge in [-0.15, -0.1) is 24.2 Å². The predicted molar refractivity (Wildman–Crippen MR) is 109 cm³/mol. The molecule has 8 heteroatoms. The lowest BCUT2D eigenvalue weighted by Gasteiger charge is -2.36. The van der Waals surface area contributed by atoms with E-state index in [9.17, 15) is 9.59 Å². The van der Waals surface area contributed by atoms with Crippen molar-refractivity contribution in [3.05, 3.63) is 34.9 Å². The zero-order valence-electron chi connectivity index (χ0n) is 14.8. The van der Waals surface area contributed by atoms with Crippen LogP contribution in [0.15, 0.2) is 24.3 Å². The fourth-order valence-corrected chi connectivity index (χ4v) is 4.81. The van der Waals surface area contributed by atoms with E-state index >= 15 is 0 Å². The van der Waals surface area contributed by atoms with Gasteiger partial charge in [-0.25, -0.2) is 0 Å². The molecule has 0 aromatic heterocycles. The molecule has 0 spiro atoms. The summed E-state index contributed by atoms with van der Waals surface area (Å²) in [5, 5.41) is 3.80. The Morgan fingerprint density at radius 1 is 1.31 bits per heavy atom. The second-order valence-electron chi connectivity index (χ2n) is 6.65. The third-order valence-electron chi connectivity index (χ3n) is 4.84. The molecule has 0 aliphatic carbocycles. The first-order chi connectivity index (χ1) is 12.1. The third-order valence-corrected chi connectivity index (χ3v) is 6.11. The van der Waals surface area contributed by atoms with E-state index in [0.717, 1.165) is 32.5 Å². The number of nitrogens with zero attached hydrogens (tertiary/aromatic N) is 2. The summed E-state index contributed by atoms with van der Waals surface area (Å²) >= 11 is 7.54. The Labute approximate surface area is 170 Å². The molecule has 2 amide bonds. The van der Waals surface area contributed by atoms with Crippen molar-refractivity contribution in [2.45, 2.75) is 18.9 Å². The quantitative estimate of drug-likeness (QED) is 0.817. The molecule has 5 nitrogen and oxygen atoms in total. The van der Waals surface area contributed by atoms with Crippen molar-refractivity contribution in [1.29, 1.82) is 0 Å². The predicted octanol–water partition coefficient (Wildman–Crippen LogP) is 2.73. The number of rotatable bonds is 4. The monoisotopic (exact) mass is 417 g/mol. The Morgan fingerprint density at radius 2 is 2.04 bits per heavy atom. The highest BCUT2D eigenvalue weighted by Gasteiger charge is 2.38. The van der Waals surface area contributed by atoms with Crippen LogP contribution in [0.2, 0.25) is 5.02 Å². The van der Waals surface area contributed by atoms with Crippen LogP contribution in [0.4, 0.5) is 0 Å². The largest absolute Gasteiger partial charge is 0.341 e. The van der Waals surface area contributed by atoms with Crippen molar-refractivity contribution in [3.63, 3.8) is 0 Å². The van der Waals surface area contributed by atoms with Crippen LogP contribution in [0.3, 0.4) is 0 Å². The van der Waals surface area contributed by atoms with Gasteiger partial charge in [0.1, 0.15) is 6.04 Å². The van der Waals surface area contributed by atoms with Gasteiger partial charge in [-0.1, -0.05) is 11.6 Å². The molecule has 1 aromatic carbocycles. The number of carbonyl (C=O) groups is 2. The smallest absolute Gasteiger partial charge is 0.255 e. The number of hydrogen-bond donors (Lipinski definition) is 1. The summed E-state index contributed by atoms with van der Waals surface area (Å²) in [7, 11) is 1.95. The van der Waals surface area contributed by atoms with E-state index in [1.165, 1.54) is 0 Å². The maximum Gasteiger partial charge on any atom is 0.255 e. The lowest BCUT2D eigenvalue weighted by atomic mass is 9.97. The molecule has 0 saturated carbocycles. The summed E-state index contributed by atoms with van der Waals surface area (Å²) in [5.41, 5.74) is 0.580. The minimum atomic E-state index is -0.360. The molecule has 3 rings (SSSR count). The van der Waals surface area contributed by atoms with Gasteiger partial charge < -0.3 is 15.1 Å². The molecule has 2 heterocycles. The maximum absolute atomic E-state index is 13.0. The highest BCUT2D eigenvalue weighted by Crippen LogP contribution is 2.27. The summed E-state index contributed by atoms with van der Waals surface area (Å²) in [6, 6.07) is 6.50. The van der Waals surface area contributed by atoms with Crippen LogP contribution < -0.4 is 5.32 Å². The van der Waals surface area contributed by atoms with Crippen molar-refractivity contribution in [2.75, 3.05) is 38.3 Å². The number of likely N-dealkylation sites (tertiary alicyclic amines) is 1. The van der Waals surface area contributed by atoms with E-state index in [1.54, 1.807) is 40.9 Å². The van der Waals surface area contributed by atoms with E-state index in [-0.39, 0.29) is 30.3 Å². The fraction of sp³-hybridized carbons (Fsp3) is 0.556. The summed E-state index contributed by atoms with van der Waals surface area (Å²) in [5.74, 6) is 1.73. The lowest BCUT2D eigenvalue weighted by molar-refractivity contribution is -0.136. The van der Waals surface area contributed by atoms with Gasteiger partial charge in [0.15, 0.2) is 0 Å². The highest BCUT2D eigenvalue weighted by atomic mass is 35.5. The average Bonchev–Trinajstić information content (AvgIpc) is 3.11. The van der Waals surface area contributed by atoms with Crippen molar-refractivity contribution in [2.24, 2.45) is 5.92 Å². The van der Waals surface area contributed by atoms with Crippen LogP contribution in [0.5, 0.6) is 0 Å². The molecule has 2 aliphatic heterocycles. The number of hydrogen-bond acceptors (Lipinski definition) is 4. The molecule has 1 aromatic rings. The van der Waals surface area contributed by atoms with Gasteiger partial charge in [-0.05, 0) is 56.6 Å². The van der Waals surface area contributed by atoms with Gasteiger partial charge in [0.25, 0.3) is 5.91 Å². The van der Waals surface area contributed by atoms with Crippen molar-refractivity contribution >= 4 is 47.6 Å². The Morgan fingerprint density at radius 3 is 2.73 bits per heavy atom. The van der Waals surface area contributed by atoms with Crippen LogP contribution in [0.25, 0.3) is 0 Å². The third kappa shape index (κ3) is 4.85. The summed E-state index contributed by atoms with van der Waals surface area (Å²) < 4.78 is 0. The second-order valence-corrected chi connectivity index (χ2v) is 8.08. The standard InChI is InChI=1S/C18H24ClN3O2S.ClH/c1-20-9-13-3-2-8-21(10-13)18(24)16-11-25-12-22(16)17(23)14-4-6-15(19)7-5-14;/h4-7,13,16,20H,2-3,8-12H2,1H3;1H. The molecule has 0 bridgehead atoms. The lowest BCUT2D eigenvalue weighted by Crippen LogP contribution is -2.52. The first-order valence-corrected chi connectivity index (χ1v) is 10.2. The molecule has 2 saturated heterocycles. The van der Waals surface area contributed by atoms with Crippen LogP contribution >= 0.6 is 35.8 Å². The van der Waals surface area contributed by atoms with E-state index in [2.05, 4.69) is 5.32 Å². The molecule has 2 fully saturated rings. The zero-order chi connectivity index (χ0) is 17.8. The average molecular weight is 418 g/mol. The first kappa shape index (κ1) is 21.4. The van der Waals surface area contributed by atoms with Crippen LogP contribution in [0, 0.1) is 5.92 Å². The fourth-order valence-electron chi connectivity index (χ4n) is 3.54. The van der Waals surface area contributed by atoms with Gasteiger partial charge in [0, 0.05) is 29.4 Å². The molecular formula is C18H25Cl2N3O2S. The van der Waals surface area contributed by atoms with Gasteiger partial charge in [-0.2, -0.15) is 0 Å². The minimum Gasteiger partial charge on any atom is -0.341 e. The van der Waals surface area contributed by atoms with Gasteiger partial charge >= 0.3 is 0 Å². The summed E-state index contributed by atoms with van der Waals surface area (Å²) in [6.45, 7) is 2.50. The summed E-state index contributed by atoms with van der Waals surface area (Å²) in [4.78, 5) is 29.5. The SMILES string of the molecule is CNCC1CCCN(C(=O)C2CSCN2C(=O)c2ccc(Cl)cc2)C1.Cl. The molecule has 26 heavy (non-hydrogen) atoms. The Hall–Kier alpha value is -0.950. The maximum atomic E-state index is 13.0. The van der Waals surface area contributed by atoms with E-state index in [0.29, 0.717) is 28.1 Å². The molecule has 2 atom stereocenters. The van der Waals surface area contributed by atoms with Crippen LogP contribution in [-0.2, 0) is 4.79 Å². The molecule has 2 aliphatic rings. The molecule has 144 valence electrons. The minimum absolute atomic E-state index is 0.